The zero-order chi connectivity index (χ0) is 18.9. The highest BCUT2D eigenvalue weighted by molar-refractivity contribution is 6.29. The SMILES string of the molecule is COc1ccc(CC2(C[n+]3ccccc3)C(=O)c3ccccc3C2=O)cc1.[I-]. The number of benzene rings is 2. The molecule has 0 unspecified atom stereocenters. The highest BCUT2D eigenvalue weighted by Crippen LogP contribution is 2.40. The highest BCUT2D eigenvalue weighted by Gasteiger charge is 2.55. The van der Waals surface area contributed by atoms with Gasteiger partial charge in [-0.25, -0.2) is 4.57 Å². The molecule has 0 saturated heterocycles. The molecule has 2 aromatic carbocycles. The summed E-state index contributed by atoms with van der Waals surface area (Å²) in [6.45, 7) is 0.312. The molecule has 142 valence electrons. The lowest BCUT2D eigenvalue weighted by Gasteiger charge is -2.23. The van der Waals surface area contributed by atoms with Crippen molar-refractivity contribution in [1.82, 2.24) is 0 Å². The number of rotatable bonds is 5. The zero-order valence-electron chi connectivity index (χ0n) is 15.5. The molecule has 0 bridgehead atoms. The van der Waals surface area contributed by atoms with Crippen molar-refractivity contribution in [3.05, 3.63) is 95.8 Å². The van der Waals surface area contributed by atoms with Crippen LogP contribution in [0.3, 0.4) is 0 Å². The maximum absolute atomic E-state index is 13.4. The number of methoxy groups -OCH3 is 1. The average Bonchev–Trinajstić information content (AvgIpc) is 2.92. The first kappa shape index (κ1) is 20.2. The van der Waals surface area contributed by atoms with Crippen LogP contribution in [0.5, 0.6) is 5.75 Å². The van der Waals surface area contributed by atoms with Crippen molar-refractivity contribution < 1.29 is 42.9 Å². The number of carbonyl (C=O) groups is 2. The van der Waals surface area contributed by atoms with Crippen molar-refractivity contribution in [2.24, 2.45) is 5.41 Å². The molecule has 0 atom stereocenters. The van der Waals surface area contributed by atoms with Crippen LogP contribution < -0.4 is 33.3 Å². The van der Waals surface area contributed by atoms with Crippen molar-refractivity contribution in [3.8, 4) is 5.75 Å². The predicted molar refractivity (Wildman–Crippen MR) is 101 cm³/mol. The van der Waals surface area contributed by atoms with E-state index in [0.29, 0.717) is 24.1 Å². The van der Waals surface area contributed by atoms with Crippen molar-refractivity contribution in [2.45, 2.75) is 13.0 Å². The number of carbonyl (C=O) groups excluding carboxylic acids is 2. The molecule has 0 spiro atoms. The fraction of sp³-hybridized carbons (Fsp3) is 0.174. The van der Waals surface area contributed by atoms with Crippen molar-refractivity contribution in [2.75, 3.05) is 7.11 Å². The predicted octanol–water partition coefficient (Wildman–Crippen LogP) is 0.295. The van der Waals surface area contributed by atoms with Crippen LogP contribution in [0.25, 0.3) is 0 Å². The van der Waals surface area contributed by atoms with E-state index in [9.17, 15) is 9.59 Å². The average molecular weight is 485 g/mol. The number of Topliss-reactive ketones (excluding diaryl/α,β-unsaturated/α-hetero) is 2. The Morgan fingerprint density at radius 1 is 0.821 bits per heavy atom. The summed E-state index contributed by atoms with van der Waals surface area (Å²) < 4.78 is 7.12. The quantitative estimate of drug-likeness (QED) is 0.297. The van der Waals surface area contributed by atoms with Crippen LogP contribution in [0.4, 0.5) is 0 Å². The summed E-state index contributed by atoms with van der Waals surface area (Å²) in [5.41, 5.74) is 0.839. The van der Waals surface area contributed by atoms with Crippen LogP contribution in [0, 0.1) is 5.41 Å². The number of aromatic nitrogens is 1. The van der Waals surface area contributed by atoms with Crippen molar-refractivity contribution in [1.29, 1.82) is 0 Å². The Labute approximate surface area is 181 Å². The van der Waals surface area contributed by atoms with Crippen LogP contribution in [0.1, 0.15) is 26.3 Å². The van der Waals surface area contributed by atoms with Gasteiger partial charge in [0, 0.05) is 23.3 Å². The molecule has 0 radical (unpaired) electrons. The summed E-state index contributed by atoms with van der Waals surface area (Å²) in [4.78, 5) is 26.8. The molecule has 1 aliphatic rings. The molecule has 3 aromatic rings. The molecule has 1 aromatic heterocycles. The van der Waals surface area contributed by atoms with Gasteiger partial charge in [-0.05, 0) is 24.1 Å². The molecule has 0 aliphatic heterocycles. The lowest BCUT2D eigenvalue weighted by atomic mass is 9.76. The van der Waals surface area contributed by atoms with E-state index in [0.717, 1.165) is 11.3 Å². The minimum Gasteiger partial charge on any atom is -1.00 e. The normalized spacial score (nSPS) is 14.3. The fourth-order valence-electron chi connectivity index (χ4n) is 3.80. The molecule has 1 heterocycles. The molecule has 0 fully saturated rings. The topological polar surface area (TPSA) is 47.2 Å². The highest BCUT2D eigenvalue weighted by atomic mass is 127. The number of fused-ring (bicyclic) bond motifs is 1. The molecular weight excluding hydrogens is 465 g/mol. The lowest BCUT2D eigenvalue weighted by Crippen LogP contribution is -3.00. The van der Waals surface area contributed by atoms with Gasteiger partial charge in [0.05, 0.1) is 7.11 Å². The number of hydrogen-bond donors (Lipinski definition) is 0. The molecule has 4 nitrogen and oxygen atoms in total. The summed E-state index contributed by atoms with van der Waals surface area (Å²) in [7, 11) is 1.61. The van der Waals surface area contributed by atoms with E-state index in [1.807, 2.05) is 71.6 Å². The van der Waals surface area contributed by atoms with Gasteiger partial charge in [0.2, 0.25) is 0 Å². The van der Waals surface area contributed by atoms with Gasteiger partial charge in [-0.15, -0.1) is 0 Å². The van der Waals surface area contributed by atoms with Crippen LogP contribution in [-0.4, -0.2) is 18.7 Å². The van der Waals surface area contributed by atoms with E-state index in [2.05, 4.69) is 0 Å². The maximum atomic E-state index is 13.4. The standard InChI is InChI=1S/C23H20NO3.HI/c1-27-18-11-9-17(10-12-18)15-23(16-24-13-5-2-6-14-24)21(25)19-7-3-4-8-20(19)22(23)26;/h2-14H,15-16H2,1H3;1H/q+1;/p-1. The van der Waals surface area contributed by atoms with Gasteiger partial charge in [-0.1, -0.05) is 42.5 Å². The molecule has 0 saturated carbocycles. The van der Waals surface area contributed by atoms with Gasteiger partial charge in [0.15, 0.2) is 35.9 Å². The minimum absolute atomic E-state index is 0. The number of ketones is 2. The third kappa shape index (κ3) is 3.46. The van der Waals surface area contributed by atoms with Gasteiger partial charge in [-0.2, -0.15) is 0 Å². The summed E-state index contributed by atoms with van der Waals surface area (Å²) >= 11 is 0. The molecular formula is C23H20INO3. The Balaban J connectivity index is 0.00000225. The molecule has 0 amide bonds. The Morgan fingerprint density at radius 2 is 1.39 bits per heavy atom. The number of hydrogen-bond acceptors (Lipinski definition) is 3. The summed E-state index contributed by atoms with van der Waals surface area (Å²) in [5.74, 6) is 0.545. The van der Waals surface area contributed by atoms with E-state index in [1.54, 1.807) is 19.2 Å². The monoisotopic (exact) mass is 485 g/mol. The van der Waals surface area contributed by atoms with E-state index >= 15 is 0 Å². The Hall–Kier alpha value is -2.54. The molecule has 0 N–H and O–H groups in total. The fourth-order valence-corrected chi connectivity index (χ4v) is 3.80. The van der Waals surface area contributed by atoms with Crippen LogP contribution >= 0.6 is 0 Å². The van der Waals surface area contributed by atoms with E-state index in [4.69, 9.17) is 4.74 Å². The molecule has 28 heavy (non-hydrogen) atoms. The number of pyridine rings is 1. The maximum Gasteiger partial charge on any atom is 0.184 e. The minimum atomic E-state index is -1.13. The van der Waals surface area contributed by atoms with Gasteiger partial charge in [-0.3, -0.25) is 9.59 Å². The Bertz CT molecular complexity index is 965. The zero-order valence-corrected chi connectivity index (χ0v) is 17.6. The summed E-state index contributed by atoms with van der Waals surface area (Å²) in [6.07, 6.45) is 4.13. The van der Waals surface area contributed by atoms with Crippen LogP contribution in [0.15, 0.2) is 79.1 Å². The van der Waals surface area contributed by atoms with Gasteiger partial charge in [0.1, 0.15) is 5.75 Å². The summed E-state index contributed by atoms with van der Waals surface area (Å²) in [5, 5.41) is 0. The second kappa shape index (κ2) is 8.22. The van der Waals surface area contributed by atoms with E-state index < -0.39 is 5.41 Å². The summed E-state index contributed by atoms with van der Waals surface area (Å²) in [6, 6.07) is 20.4. The first-order valence-corrected chi connectivity index (χ1v) is 8.90. The van der Waals surface area contributed by atoms with Gasteiger partial charge >= 0.3 is 0 Å². The van der Waals surface area contributed by atoms with Crippen LogP contribution in [-0.2, 0) is 13.0 Å². The first-order chi connectivity index (χ1) is 13.1. The largest absolute Gasteiger partial charge is 1.00 e. The third-order valence-electron chi connectivity index (χ3n) is 5.18. The lowest BCUT2D eigenvalue weighted by molar-refractivity contribution is -0.704. The third-order valence-corrected chi connectivity index (χ3v) is 5.18. The van der Waals surface area contributed by atoms with Crippen molar-refractivity contribution >= 4 is 11.6 Å². The smallest absolute Gasteiger partial charge is 0.184 e. The number of nitrogens with zero attached hydrogens (tertiary/aromatic N) is 1. The first-order valence-electron chi connectivity index (χ1n) is 8.90. The van der Waals surface area contributed by atoms with Gasteiger partial charge < -0.3 is 28.7 Å². The second-order valence-electron chi connectivity index (χ2n) is 6.86. The Kier molecular flexibility index (Phi) is 5.93. The number of ether oxygens (including phenoxy) is 1. The molecule has 5 heteroatoms. The second-order valence-corrected chi connectivity index (χ2v) is 6.86. The van der Waals surface area contributed by atoms with Gasteiger partial charge in [0.25, 0.3) is 0 Å². The number of halogens is 1. The Morgan fingerprint density at radius 3 is 1.93 bits per heavy atom. The van der Waals surface area contributed by atoms with Crippen molar-refractivity contribution in [3.63, 3.8) is 0 Å². The van der Waals surface area contributed by atoms with E-state index in [-0.39, 0.29) is 35.5 Å². The molecule has 1 aliphatic carbocycles. The van der Waals surface area contributed by atoms with Crippen LogP contribution in [0.2, 0.25) is 0 Å². The molecule has 4 rings (SSSR count). The van der Waals surface area contributed by atoms with E-state index in [1.165, 1.54) is 0 Å².